The molecule has 0 bridgehead atoms. The van der Waals surface area contributed by atoms with Gasteiger partial charge in [0.25, 0.3) is 11.6 Å². The van der Waals surface area contributed by atoms with Crippen molar-refractivity contribution in [1.82, 2.24) is 0 Å². The Balaban J connectivity index is 2.10. The number of anilines is 1. The van der Waals surface area contributed by atoms with Gasteiger partial charge in [0.15, 0.2) is 6.04 Å². The molecule has 26 heavy (non-hydrogen) atoms. The van der Waals surface area contributed by atoms with Crippen molar-refractivity contribution in [2.45, 2.75) is 25.9 Å². The van der Waals surface area contributed by atoms with Gasteiger partial charge < -0.3 is 10.6 Å². The highest BCUT2D eigenvalue weighted by Gasteiger charge is 2.24. The minimum absolute atomic E-state index is 0.0758. The predicted octanol–water partition coefficient (Wildman–Crippen LogP) is 3.69. The summed E-state index contributed by atoms with van der Waals surface area (Å²) in [4.78, 5) is 22.8. The molecule has 0 aliphatic carbocycles. The lowest BCUT2D eigenvalue weighted by Crippen LogP contribution is -2.91. The third kappa shape index (κ3) is 4.69. The zero-order valence-corrected chi connectivity index (χ0v) is 15.5. The average Bonchev–Trinajstić information content (AvgIpc) is 2.58. The van der Waals surface area contributed by atoms with Gasteiger partial charge in [-0.05, 0) is 32.0 Å². The van der Waals surface area contributed by atoms with Crippen molar-refractivity contribution < 1.29 is 19.4 Å². The van der Waals surface area contributed by atoms with Crippen LogP contribution in [0.1, 0.15) is 25.5 Å². The van der Waals surface area contributed by atoms with Crippen LogP contribution in [0.25, 0.3) is 0 Å². The van der Waals surface area contributed by atoms with Gasteiger partial charge in [0.05, 0.1) is 15.0 Å². The Hall–Kier alpha value is -2.22. The minimum atomic E-state index is -0.598. The Kier molecular flexibility index (Phi) is 6.52. The molecule has 0 aromatic heterocycles. The summed E-state index contributed by atoms with van der Waals surface area (Å²) in [5.41, 5.74) is 0.425. The highest BCUT2D eigenvalue weighted by molar-refractivity contribution is 6.35. The van der Waals surface area contributed by atoms with E-state index in [0.29, 0.717) is 10.6 Å². The number of carbonyl (C=O) groups is 1. The molecule has 0 aliphatic heterocycles. The summed E-state index contributed by atoms with van der Waals surface area (Å²) in [5.74, 6) is -1.01. The summed E-state index contributed by atoms with van der Waals surface area (Å²) in [5, 5.41) is 15.5. The Morgan fingerprint density at radius 1 is 1.23 bits per heavy atom. The molecule has 2 atom stereocenters. The fraction of sp³-hybridized carbons (Fsp3) is 0.235. The number of carbonyl (C=O) groups excluding carboxylic acids is 1. The number of nitrogens with zero attached hydrogens (tertiary/aromatic N) is 1. The molecule has 0 radical (unpaired) electrons. The number of nitro groups is 1. The second kappa shape index (κ2) is 8.44. The molecule has 0 saturated carbocycles. The molecule has 0 spiro atoms. The number of rotatable bonds is 6. The number of amides is 1. The number of halogens is 3. The van der Waals surface area contributed by atoms with Crippen LogP contribution in [-0.2, 0) is 4.79 Å². The molecule has 2 aromatic carbocycles. The van der Waals surface area contributed by atoms with Gasteiger partial charge in [-0.15, -0.1) is 0 Å². The van der Waals surface area contributed by atoms with Crippen molar-refractivity contribution in [1.29, 1.82) is 0 Å². The smallest absolute Gasteiger partial charge is 0.292 e. The summed E-state index contributed by atoms with van der Waals surface area (Å²) in [7, 11) is 0. The quantitative estimate of drug-likeness (QED) is 0.440. The SMILES string of the molecule is C[C@H]([NH2+][C@H](C)c1cc(F)c(Cl)cc1Cl)C(=O)Nc1ccccc1[N+](=O)[O-]. The molecule has 9 heteroatoms. The standard InChI is InChI=1S/C17H16Cl2FN3O3/c1-9(11-7-14(20)13(19)8-12(11)18)21-10(2)17(24)22-15-5-3-4-6-16(15)23(25)26/h3-10,21H,1-2H3,(H,22,24)/p+1/t9-,10+/m1/s1. The van der Waals surface area contributed by atoms with Crippen LogP contribution < -0.4 is 10.6 Å². The number of nitro benzene ring substituents is 1. The third-order valence-corrected chi connectivity index (χ3v) is 4.50. The van der Waals surface area contributed by atoms with Gasteiger partial charge in [0.1, 0.15) is 17.5 Å². The molecular formula is C17H17Cl2FN3O3+. The number of hydrogen-bond donors (Lipinski definition) is 2. The lowest BCUT2D eigenvalue weighted by atomic mass is 10.1. The largest absolute Gasteiger partial charge is 0.330 e. The summed E-state index contributed by atoms with van der Waals surface area (Å²) in [6.07, 6.45) is 0. The number of quaternary nitrogens is 1. The van der Waals surface area contributed by atoms with E-state index in [2.05, 4.69) is 5.32 Å². The molecule has 0 fully saturated rings. The van der Waals surface area contributed by atoms with E-state index < -0.39 is 22.7 Å². The fourth-order valence-electron chi connectivity index (χ4n) is 2.50. The van der Waals surface area contributed by atoms with E-state index >= 15 is 0 Å². The number of nitrogens with one attached hydrogen (secondary N) is 1. The molecule has 2 aromatic rings. The highest BCUT2D eigenvalue weighted by atomic mass is 35.5. The topological polar surface area (TPSA) is 88.8 Å². The minimum Gasteiger partial charge on any atom is -0.330 e. The van der Waals surface area contributed by atoms with Gasteiger partial charge in [-0.3, -0.25) is 14.9 Å². The van der Waals surface area contributed by atoms with Gasteiger partial charge in [-0.2, -0.15) is 0 Å². The maximum atomic E-state index is 13.7. The molecule has 2 rings (SSSR count). The van der Waals surface area contributed by atoms with Crippen LogP contribution in [0.3, 0.4) is 0 Å². The van der Waals surface area contributed by atoms with E-state index in [0.717, 1.165) is 0 Å². The van der Waals surface area contributed by atoms with E-state index in [1.165, 1.54) is 30.3 Å². The lowest BCUT2D eigenvalue weighted by Gasteiger charge is -2.18. The van der Waals surface area contributed by atoms with Gasteiger partial charge in [0.2, 0.25) is 0 Å². The number of para-hydroxylation sites is 2. The number of benzene rings is 2. The van der Waals surface area contributed by atoms with Crippen LogP contribution in [0.4, 0.5) is 15.8 Å². The molecule has 0 heterocycles. The monoisotopic (exact) mass is 400 g/mol. The molecular weight excluding hydrogens is 384 g/mol. The molecule has 0 unspecified atom stereocenters. The van der Waals surface area contributed by atoms with Crippen molar-refractivity contribution >= 4 is 40.5 Å². The first-order chi connectivity index (χ1) is 12.2. The zero-order valence-electron chi connectivity index (χ0n) is 14.0. The van der Waals surface area contributed by atoms with E-state index in [4.69, 9.17) is 23.2 Å². The zero-order chi connectivity index (χ0) is 19.4. The van der Waals surface area contributed by atoms with Crippen LogP contribution >= 0.6 is 23.2 Å². The van der Waals surface area contributed by atoms with E-state index in [9.17, 15) is 19.3 Å². The van der Waals surface area contributed by atoms with Crippen LogP contribution in [-0.4, -0.2) is 16.9 Å². The normalized spacial score (nSPS) is 13.1. The van der Waals surface area contributed by atoms with Crippen LogP contribution in [0.15, 0.2) is 36.4 Å². The Morgan fingerprint density at radius 2 is 1.88 bits per heavy atom. The molecule has 3 N–H and O–H groups in total. The Bertz CT molecular complexity index is 848. The van der Waals surface area contributed by atoms with E-state index in [1.807, 2.05) is 0 Å². The van der Waals surface area contributed by atoms with Crippen molar-refractivity contribution in [3.05, 3.63) is 67.9 Å². The second-order valence-electron chi connectivity index (χ2n) is 5.82. The van der Waals surface area contributed by atoms with Gasteiger partial charge in [-0.1, -0.05) is 35.3 Å². The molecule has 6 nitrogen and oxygen atoms in total. The van der Waals surface area contributed by atoms with Crippen LogP contribution in [0.5, 0.6) is 0 Å². The molecule has 1 amide bonds. The van der Waals surface area contributed by atoms with E-state index in [1.54, 1.807) is 25.2 Å². The number of hydrogen-bond acceptors (Lipinski definition) is 3. The van der Waals surface area contributed by atoms with Crippen molar-refractivity contribution in [2.75, 3.05) is 5.32 Å². The highest BCUT2D eigenvalue weighted by Crippen LogP contribution is 2.27. The summed E-state index contributed by atoms with van der Waals surface area (Å²) in [6.45, 7) is 3.41. The summed E-state index contributed by atoms with van der Waals surface area (Å²) < 4.78 is 13.7. The average molecular weight is 401 g/mol. The predicted molar refractivity (Wildman–Crippen MR) is 97.9 cm³/mol. The molecule has 0 aliphatic rings. The van der Waals surface area contributed by atoms with Crippen molar-refractivity contribution in [3.8, 4) is 0 Å². The number of nitrogens with two attached hydrogens (primary N) is 1. The van der Waals surface area contributed by atoms with Crippen molar-refractivity contribution in [2.24, 2.45) is 0 Å². The Labute approximate surface area is 159 Å². The van der Waals surface area contributed by atoms with Gasteiger partial charge in [0, 0.05) is 11.6 Å². The molecule has 0 saturated heterocycles. The maximum absolute atomic E-state index is 13.7. The first kappa shape index (κ1) is 20.1. The van der Waals surface area contributed by atoms with Crippen molar-refractivity contribution in [3.63, 3.8) is 0 Å². The molecule has 138 valence electrons. The van der Waals surface area contributed by atoms with Crippen LogP contribution in [0, 0.1) is 15.9 Å². The summed E-state index contributed by atoms with van der Waals surface area (Å²) >= 11 is 11.8. The maximum Gasteiger partial charge on any atom is 0.292 e. The van der Waals surface area contributed by atoms with Gasteiger partial charge >= 0.3 is 0 Å². The Morgan fingerprint density at radius 3 is 2.54 bits per heavy atom. The van der Waals surface area contributed by atoms with Gasteiger partial charge in [-0.25, -0.2) is 4.39 Å². The summed E-state index contributed by atoms with van der Waals surface area (Å²) in [6, 6.07) is 7.49. The first-order valence-corrected chi connectivity index (χ1v) is 8.50. The lowest BCUT2D eigenvalue weighted by molar-refractivity contribution is -0.709. The van der Waals surface area contributed by atoms with E-state index in [-0.39, 0.29) is 22.4 Å². The first-order valence-electron chi connectivity index (χ1n) is 7.74. The fourth-order valence-corrected chi connectivity index (χ4v) is 3.05. The third-order valence-electron chi connectivity index (χ3n) is 3.88. The second-order valence-corrected chi connectivity index (χ2v) is 6.64. The van der Waals surface area contributed by atoms with Crippen LogP contribution in [0.2, 0.25) is 10.0 Å².